The van der Waals surface area contributed by atoms with E-state index in [9.17, 15) is 13.2 Å². The molecule has 5 nitrogen and oxygen atoms in total. The summed E-state index contributed by atoms with van der Waals surface area (Å²) in [4.78, 5) is 12.4. The highest BCUT2D eigenvalue weighted by atomic mass is 32.2. The van der Waals surface area contributed by atoms with Crippen molar-refractivity contribution in [1.82, 2.24) is 10.0 Å². The molecule has 0 saturated heterocycles. The molecule has 0 saturated carbocycles. The fourth-order valence-corrected chi connectivity index (χ4v) is 3.62. The summed E-state index contributed by atoms with van der Waals surface area (Å²) in [7, 11) is -3.57. The number of rotatable bonds is 6. The number of aryl methyl sites for hydroxylation is 1. The molecule has 2 N–H and O–H groups in total. The molecule has 0 aromatic carbocycles. The van der Waals surface area contributed by atoms with Crippen molar-refractivity contribution in [3.63, 3.8) is 0 Å². The average molecular weight is 290 g/mol. The minimum atomic E-state index is -3.57. The summed E-state index contributed by atoms with van der Waals surface area (Å²) in [5.41, 5.74) is 0. The third kappa shape index (κ3) is 4.40. The maximum atomic E-state index is 11.9. The van der Waals surface area contributed by atoms with Gasteiger partial charge in [0.15, 0.2) is 0 Å². The Balaban J connectivity index is 2.62. The Morgan fingerprint density at radius 2 is 2.06 bits per heavy atom. The van der Waals surface area contributed by atoms with Crippen LogP contribution >= 0.6 is 11.3 Å². The first kappa shape index (κ1) is 15.1. The van der Waals surface area contributed by atoms with Gasteiger partial charge in [0.2, 0.25) is 5.91 Å². The van der Waals surface area contributed by atoms with Gasteiger partial charge in [-0.05, 0) is 32.4 Å². The van der Waals surface area contributed by atoms with Crippen LogP contribution in [0.2, 0.25) is 0 Å². The van der Waals surface area contributed by atoms with E-state index in [2.05, 4.69) is 10.0 Å². The van der Waals surface area contributed by atoms with Crippen LogP contribution in [0, 0.1) is 0 Å². The first-order valence-electron chi connectivity index (χ1n) is 5.73. The molecule has 0 unspecified atom stereocenters. The van der Waals surface area contributed by atoms with Gasteiger partial charge in [-0.1, -0.05) is 6.92 Å². The van der Waals surface area contributed by atoms with Gasteiger partial charge in [-0.3, -0.25) is 4.79 Å². The second-order valence-corrected chi connectivity index (χ2v) is 7.28. The first-order valence-corrected chi connectivity index (χ1v) is 8.03. The van der Waals surface area contributed by atoms with E-state index in [-0.39, 0.29) is 22.7 Å². The zero-order valence-electron chi connectivity index (χ0n) is 10.7. The Kier molecular flexibility index (Phi) is 5.30. The van der Waals surface area contributed by atoms with Crippen LogP contribution in [0.15, 0.2) is 16.3 Å². The Morgan fingerprint density at radius 3 is 2.56 bits per heavy atom. The Morgan fingerprint density at radius 1 is 1.39 bits per heavy atom. The Hall–Kier alpha value is -0.920. The van der Waals surface area contributed by atoms with Gasteiger partial charge in [0.1, 0.15) is 4.21 Å². The van der Waals surface area contributed by atoms with Crippen molar-refractivity contribution in [3.8, 4) is 0 Å². The smallest absolute Gasteiger partial charge is 0.250 e. The molecule has 18 heavy (non-hydrogen) atoms. The maximum absolute atomic E-state index is 11.9. The van der Waals surface area contributed by atoms with E-state index < -0.39 is 10.0 Å². The highest BCUT2D eigenvalue weighted by Crippen LogP contribution is 2.21. The van der Waals surface area contributed by atoms with Crippen molar-refractivity contribution in [3.05, 3.63) is 17.0 Å². The molecule has 102 valence electrons. The molecule has 1 heterocycles. The fourth-order valence-electron chi connectivity index (χ4n) is 1.30. The number of thiophene rings is 1. The van der Waals surface area contributed by atoms with Crippen molar-refractivity contribution in [1.29, 1.82) is 0 Å². The molecule has 0 radical (unpaired) electrons. The summed E-state index contributed by atoms with van der Waals surface area (Å²) in [5.74, 6) is -0.333. The van der Waals surface area contributed by atoms with Gasteiger partial charge in [0, 0.05) is 10.9 Å². The van der Waals surface area contributed by atoms with Crippen LogP contribution in [0.4, 0.5) is 0 Å². The van der Waals surface area contributed by atoms with E-state index in [0.29, 0.717) is 0 Å². The predicted octanol–water partition coefficient (Wildman–Crippen LogP) is 1.11. The minimum absolute atomic E-state index is 0.00423. The molecular weight excluding hydrogens is 272 g/mol. The highest BCUT2D eigenvalue weighted by Gasteiger charge is 2.17. The molecule has 1 aromatic heterocycles. The third-order valence-corrected chi connectivity index (χ3v) is 5.25. The second-order valence-electron chi connectivity index (χ2n) is 4.12. The van der Waals surface area contributed by atoms with Gasteiger partial charge in [0.05, 0.1) is 6.54 Å². The second kappa shape index (κ2) is 6.31. The highest BCUT2D eigenvalue weighted by molar-refractivity contribution is 7.91. The van der Waals surface area contributed by atoms with E-state index in [1.54, 1.807) is 12.1 Å². The van der Waals surface area contributed by atoms with Crippen molar-refractivity contribution < 1.29 is 13.2 Å². The third-order valence-electron chi connectivity index (χ3n) is 2.12. The standard InChI is InChI=1S/C11H18N2O3S2/c1-4-9-5-6-11(17-9)18(15,16)12-7-10(14)13-8(2)3/h5-6,8,12H,4,7H2,1-3H3,(H,13,14). The number of sulfonamides is 1. The molecule has 1 rings (SSSR count). The van der Waals surface area contributed by atoms with E-state index in [0.717, 1.165) is 11.3 Å². The summed E-state index contributed by atoms with van der Waals surface area (Å²) in [5, 5.41) is 2.62. The van der Waals surface area contributed by atoms with Crippen LogP contribution in [0.3, 0.4) is 0 Å². The SMILES string of the molecule is CCc1ccc(S(=O)(=O)NCC(=O)NC(C)C)s1. The quantitative estimate of drug-likeness (QED) is 0.824. The predicted molar refractivity (Wildman–Crippen MR) is 72.2 cm³/mol. The molecule has 7 heteroatoms. The molecule has 1 amide bonds. The van der Waals surface area contributed by atoms with Gasteiger partial charge >= 0.3 is 0 Å². The molecule has 0 atom stereocenters. The van der Waals surface area contributed by atoms with Crippen LogP contribution in [0.1, 0.15) is 25.6 Å². The lowest BCUT2D eigenvalue weighted by Gasteiger charge is -2.08. The normalized spacial score (nSPS) is 11.8. The van der Waals surface area contributed by atoms with Crippen LogP contribution in [-0.2, 0) is 21.2 Å². The number of amides is 1. The minimum Gasteiger partial charge on any atom is -0.353 e. The summed E-state index contributed by atoms with van der Waals surface area (Å²) in [6.07, 6.45) is 0.800. The lowest BCUT2D eigenvalue weighted by atomic mass is 10.4. The molecule has 0 aliphatic carbocycles. The van der Waals surface area contributed by atoms with E-state index in [1.165, 1.54) is 11.3 Å². The zero-order chi connectivity index (χ0) is 13.8. The molecule has 1 aromatic rings. The van der Waals surface area contributed by atoms with Crippen molar-refractivity contribution in [2.24, 2.45) is 0 Å². The Labute approximate surface area is 112 Å². The summed E-state index contributed by atoms with van der Waals surface area (Å²) in [6, 6.07) is 3.34. The van der Waals surface area contributed by atoms with Crippen molar-refractivity contribution in [2.75, 3.05) is 6.54 Å². The van der Waals surface area contributed by atoms with E-state index >= 15 is 0 Å². The van der Waals surface area contributed by atoms with Crippen LogP contribution < -0.4 is 10.0 Å². The monoisotopic (exact) mass is 290 g/mol. The van der Waals surface area contributed by atoms with E-state index in [4.69, 9.17) is 0 Å². The number of carbonyl (C=O) groups excluding carboxylic acids is 1. The van der Waals surface area contributed by atoms with Gasteiger partial charge in [-0.15, -0.1) is 11.3 Å². The van der Waals surface area contributed by atoms with Crippen LogP contribution in [0.5, 0.6) is 0 Å². The average Bonchev–Trinajstić information content (AvgIpc) is 2.75. The first-order chi connectivity index (χ1) is 8.35. The molecule has 0 spiro atoms. The summed E-state index contributed by atoms with van der Waals surface area (Å²) in [6.45, 7) is 5.37. The van der Waals surface area contributed by atoms with Crippen LogP contribution in [-0.4, -0.2) is 26.9 Å². The van der Waals surface area contributed by atoms with Gasteiger partial charge in [0.25, 0.3) is 10.0 Å². The molecule has 0 aliphatic heterocycles. The summed E-state index contributed by atoms with van der Waals surface area (Å²) < 4.78 is 26.3. The topological polar surface area (TPSA) is 75.3 Å². The molecule has 0 aliphatic rings. The summed E-state index contributed by atoms with van der Waals surface area (Å²) >= 11 is 1.22. The maximum Gasteiger partial charge on any atom is 0.250 e. The number of hydrogen-bond donors (Lipinski definition) is 2. The zero-order valence-corrected chi connectivity index (χ0v) is 12.3. The van der Waals surface area contributed by atoms with Gasteiger partial charge in [-0.2, -0.15) is 0 Å². The van der Waals surface area contributed by atoms with E-state index in [1.807, 2.05) is 20.8 Å². The van der Waals surface area contributed by atoms with Crippen LogP contribution in [0.25, 0.3) is 0 Å². The molecule has 0 bridgehead atoms. The van der Waals surface area contributed by atoms with Gasteiger partial charge < -0.3 is 5.32 Å². The number of nitrogens with one attached hydrogen (secondary N) is 2. The number of hydrogen-bond acceptors (Lipinski definition) is 4. The van der Waals surface area contributed by atoms with Crippen molar-refractivity contribution >= 4 is 27.3 Å². The largest absolute Gasteiger partial charge is 0.353 e. The molecule has 0 fully saturated rings. The van der Waals surface area contributed by atoms with Gasteiger partial charge in [-0.25, -0.2) is 13.1 Å². The number of carbonyl (C=O) groups is 1. The Bertz CT molecular complexity index is 506. The molecular formula is C11H18N2O3S2. The lowest BCUT2D eigenvalue weighted by molar-refractivity contribution is -0.120. The van der Waals surface area contributed by atoms with Crippen molar-refractivity contribution in [2.45, 2.75) is 37.4 Å². The lowest BCUT2D eigenvalue weighted by Crippen LogP contribution is -2.39. The fraction of sp³-hybridized carbons (Fsp3) is 0.545.